The number of nitrogens with one attached hydrogen (secondary N) is 1. The Balaban J connectivity index is 2.22. The van der Waals surface area contributed by atoms with Gasteiger partial charge in [0.1, 0.15) is 6.04 Å². The van der Waals surface area contributed by atoms with Gasteiger partial charge in [-0.1, -0.05) is 25.2 Å². The smallest absolute Gasteiger partial charge is 0.326 e. The van der Waals surface area contributed by atoms with Crippen molar-refractivity contribution >= 4 is 17.8 Å². The molecule has 1 aliphatic carbocycles. The predicted molar refractivity (Wildman–Crippen MR) is 120 cm³/mol. The predicted octanol–water partition coefficient (Wildman–Crippen LogP) is 1.19. The molecule has 0 bridgehead atoms. The molecule has 31 heavy (non-hydrogen) atoms. The van der Waals surface area contributed by atoms with Gasteiger partial charge in [0, 0.05) is 12.6 Å². The van der Waals surface area contributed by atoms with E-state index >= 15 is 0 Å². The molecule has 1 fully saturated rings. The Kier molecular flexibility index (Phi) is 11.9. The number of guanidine groups is 1. The van der Waals surface area contributed by atoms with E-state index in [0.29, 0.717) is 25.8 Å². The summed E-state index contributed by atoms with van der Waals surface area (Å²) in [5, 5.41) is 32.0. The summed E-state index contributed by atoms with van der Waals surface area (Å²) in [5.74, 6) is -1.66. The molecule has 9 nitrogen and oxygen atoms in total. The van der Waals surface area contributed by atoms with E-state index in [9.17, 15) is 24.9 Å². The molecule has 1 rings (SSSR count). The largest absolute Gasteiger partial charge is 0.480 e. The van der Waals surface area contributed by atoms with E-state index in [1.165, 1.54) is 6.08 Å². The van der Waals surface area contributed by atoms with Gasteiger partial charge < -0.3 is 32.1 Å². The number of carbonyl (C=O) groups is 2. The van der Waals surface area contributed by atoms with Gasteiger partial charge >= 0.3 is 5.97 Å². The Hall–Kier alpha value is -2.39. The molecule has 1 saturated carbocycles. The van der Waals surface area contributed by atoms with Crippen molar-refractivity contribution in [2.24, 2.45) is 21.9 Å². The first-order chi connectivity index (χ1) is 14.7. The van der Waals surface area contributed by atoms with Crippen LogP contribution < -0.4 is 16.8 Å². The van der Waals surface area contributed by atoms with Crippen LogP contribution in [0.1, 0.15) is 64.7 Å². The van der Waals surface area contributed by atoms with E-state index in [0.717, 1.165) is 32.1 Å². The number of nitrogens with zero attached hydrogens (tertiary/aromatic N) is 1. The number of carboxylic acids is 1. The minimum atomic E-state index is -1.11. The summed E-state index contributed by atoms with van der Waals surface area (Å²) in [5.41, 5.74) is 10.5. The number of carboxylic acid groups (broad SMARTS) is 1. The number of hydrogen-bond acceptors (Lipinski definition) is 5. The molecule has 9 heteroatoms. The maximum Gasteiger partial charge on any atom is 0.326 e. The highest BCUT2D eigenvalue weighted by Gasteiger charge is 2.47. The van der Waals surface area contributed by atoms with Crippen molar-refractivity contribution in [3.05, 3.63) is 24.3 Å². The summed E-state index contributed by atoms with van der Waals surface area (Å²) in [7, 11) is 0. The fourth-order valence-corrected chi connectivity index (χ4v) is 3.48. The third-order valence-corrected chi connectivity index (χ3v) is 5.76. The molecule has 0 spiro atoms. The zero-order valence-electron chi connectivity index (χ0n) is 18.4. The van der Waals surface area contributed by atoms with Crippen LogP contribution in [0.4, 0.5) is 0 Å². The second kappa shape index (κ2) is 13.8. The average Bonchev–Trinajstić information content (AvgIpc) is 3.50. The summed E-state index contributed by atoms with van der Waals surface area (Å²) in [6.07, 6.45) is 11.7. The Morgan fingerprint density at radius 3 is 2.45 bits per heavy atom. The normalized spacial score (nSPS) is 17.9. The first-order valence-corrected chi connectivity index (χ1v) is 11.0. The molecule has 1 aliphatic rings. The van der Waals surface area contributed by atoms with Crippen LogP contribution >= 0.6 is 0 Å². The van der Waals surface area contributed by atoms with Gasteiger partial charge in [-0.2, -0.15) is 0 Å². The number of hydrogen-bond donors (Lipinski definition) is 6. The molecule has 1 amide bonds. The van der Waals surface area contributed by atoms with E-state index in [2.05, 4.69) is 17.2 Å². The molecule has 0 aromatic rings. The highest BCUT2D eigenvalue weighted by molar-refractivity contribution is 5.91. The lowest BCUT2D eigenvalue weighted by Crippen LogP contribution is -2.40. The number of unbranched alkanes of at least 4 members (excludes halogenated alkanes) is 1. The van der Waals surface area contributed by atoms with Crippen LogP contribution in [0.15, 0.2) is 29.3 Å². The van der Waals surface area contributed by atoms with Crippen LogP contribution in [0, 0.1) is 5.41 Å². The number of aliphatic imine (C=N–C) groups is 1. The molecule has 0 aliphatic heterocycles. The van der Waals surface area contributed by atoms with E-state index in [-0.39, 0.29) is 17.8 Å². The van der Waals surface area contributed by atoms with Gasteiger partial charge in [0.15, 0.2) is 5.96 Å². The number of aliphatic hydroxyl groups excluding tert-OH is 2. The molecule has 0 radical (unpaired) electrons. The fraction of sp³-hybridized carbons (Fsp3) is 0.682. The monoisotopic (exact) mass is 438 g/mol. The Morgan fingerprint density at radius 2 is 1.87 bits per heavy atom. The Bertz CT molecular complexity index is 654. The molecule has 176 valence electrons. The number of carbonyl (C=O) groups excluding carboxylic acids is 1. The highest BCUT2D eigenvalue weighted by atomic mass is 16.4. The van der Waals surface area contributed by atoms with Gasteiger partial charge in [0.05, 0.1) is 12.2 Å². The first kappa shape index (κ1) is 26.6. The van der Waals surface area contributed by atoms with Crippen molar-refractivity contribution in [1.82, 2.24) is 5.32 Å². The van der Waals surface area contributed by atoms with Gasteiger partial charge in [-0.3, -0.25) is 9.79 Å². The molecular weight excluding hydrogens is 400 g/mol. The molecule has 0 aromatic heterocycles. The van der Waals surface area contributed by atoms with E-state index in [4.69, 9.17) is 11.5 Å². The van der Waals surface area contributed by atoms with Crippen molar-refractivity contribution in [2.75, 3.05) is 6.54 Å². The molecule has 3 atom stereocenters. The molecule has 8 N–H and O–H groups in total. The molecule has 0 unspecified atom stereocenters. The van der Waals surface area contributed by atoms with Gasteiger partial charge in [-0.25, -0.2) is 4.79 Å². The summed E-state index contributed by atoms with van der Waals surface area (Å²) < 4.78 is 0. The van der Waals surface area contributed by atoms with Crippen LogP contribution in [0.25, 0.3) is 0 Å². The van der Waals surface area contributed by atoms with Gasteiger partial charge in [0.2, 0.25) is 5.91 Å². The zero-order chi connectivity index (χ0) is 23.3. The minimum absolute atomic E-state index is 0.0400. The minimum Gasteiger partial charge on any atom is -0.480 e. The Morgan fingerprint density at radius 1 is 1.16 bits per heavy atom. The van der Waals surface area contributed by atoms with Crippen LogP contribution in [0.3, 0.4) is 0 Å². The lowest BCUT2D eigenvalue weighted by Gasteiger charge is -2.23. The molecule has 0 heterocycles. The summed E-state index contributed by atoms with van der Waals surface area (Å²) in [6.45, 7) is 2.38. The summed E-state index contributed by atoms with van der Waals surface area (Å²) >= 11 is 0. The number of amides is 1. The van der Waals surface area contributed by atoms with E-state index < -0.39 is 30.1 Å². The number of rotatable bonds is 16. The lowest BCUT2D eigenvalue weighted by atomic mass is 9.90. The molecular formula is C22H38N4O5. The van der Waals surface area contributed by atoms with Crippen molar-refractivity contribution in [3.63, 3.8) is 0 Å². The van der Waals surface area contributed by atoms with Gasteiger partial charge in [-0.15, -0.1) is 0 Å². The SMILES string of the molecule is CCC1([C@H](O)C[C@H](O)CCC/C=C/C=C/C(=O)N[C@@H](CCCN=C(N)N)C(=O)O)CC1. The van der Waals surface area contributed by atoms with Crippen molar-refractivity contribution in [2.45, 2.75) is 83.0 Å². The third kappa shape index (κ3) is 11.0. The summed E-state index contributed by atoms with van der Waals surface area (Å²) in [4.78, 5) is 26.9. The number of nitrogens with two attached hydrogens (primary N) is 2. The van der Waals surface area contributed by atoms with Crippen LogP contribution in [0.5, 0.6) is 0 Å². The standard InChI is InChI=1S/C22H38N4O5/c1-2-22(12-13-22)18(28)15-16(27)9-6-4-3-5-7-11-19(29)26-17(20(30)31)10-8-14-25-21(23)24/h3,5,7,11,16-18,27-28H,2,4,6,8-10,12-15H2,1H3,(H,26,29)(H,30,31)(H4,23,24,25)/b5-3+,11-7+/t16-,17+,18-/m1/s1. The van der Waals surface area contributed by atoms with Crippen molar-refractivity contribution in [3.8, 4) is 0 Å². The quantitative estimate of drug-likeness (QED) is 0.0690. The van der Waals surface area contributed by atoms with Gasteiger partial charge in [-0.05, 0) is 63.2 Å². The number of aliphatic hydroxyl groups is 2. The fourth-order valence-electron chi connectivity index (χ4n) is 3.48. The van der Waals surface area contributed by atoms with E-state index in [1.807, 2.05) is 6.08 Å². The van der Waals surface area contributed by atoms with Crippen molar-refractivity contribution in [1.29, 1.82) is 0 Å². The van der Waals surface area contributed by atoms with Gasteiger partial charge in [0.25, 0.3) is 0 Å². The number of allylic oxidation sites excluding steroid dienone is 3. The first-order valence-electron chi connectivity index (χ1n) is 11.0. The average molecular weight is 439 g/mol. The Labute approximate surface area is 184 Å². The van der Waals surface area contributed by atoms with Crippen LogP contribution in [0.2, 0.25) is 0 Å². The van der Waals surface area contributed by atoms with Crippen LogP contribution in [-0.2, 0) is 9.59 Å². The lowest BCUT2D eigenvalue weighted by molar-refractivity contribution is -0.141. The second-order valence-electron chi connectivity index (χ2n) is 8.19. The second-order valence-corrected chi connectivity index (χ2v) is 8.19. The maximum absolute atomic E-state index is 11.9. The zero-order valence-corrected chi connectivity index (χ0v) is 18.4. The van der Waals surface area contributed by atoms with Crippen LogP contribution in [-0.4, -0.2) is 58.0 Å². The van der Waals surface area contributed by atoms with E-state index in [1.54, 1.807) is 12.2 Å². The molecule has 0 aromatic carbocycles. The summed E-state index contributed by atoms with van der Waals surface area (Å²) in [6, 6.07) is -1.00. The molecule has 0 saturated heterocycles. The topological polar surface area (TPSA) is 171 Å². The highest BCUT2D eigenvalue weighted by Crippen LogP contribution is 2.52. The van der Waals surface area contributed by atoms with Crippen molar-refractivity contribution < 1.29 is 24.9 Å². The maximum atomic E-state index is 11.9. The third-order valence-electron chi connectivity index (χ3n) is 5.76. The number of aliphatic carboxylic acids is 1.